The van der Waals surface area contributed by atoms with Crippen LogP contribution in [0.2, 0.25) is 0 Å². The molecule has 6 heteroatoms. The highest BCUT2D eigenvalue weighted by Crippen LogP contribution is 2.13. The first-order chi connectivity index (χ1) is 7.40. The molecule has 0 saturated heterocycles. The zero-order chi connectivity index (χ0) is 10.5. The van der Waals surface area contributed by atoms with E-state index in [0.29, 0.717) is 12.4 Å². The number of benzene rings is 1. The molecule has 15 heavy (non-hydrogen) atoms. The van der Waals surface area contributed by atoms with Crippen molar-refractivity contribution in [3.05, 3.63) is 36.2 Å². The van der Waals surface area contributed by atoms with E-state index < -0.39 is 0 Å². The molecule has 0 amide bonds. The van der Waals surface area contributed by atoms with E-state index in [2.05, 4.69) is 25.2 Å². The van der Waals surface area contributed by atoms with Gasteiger partial charge in [-0.1, -0.05) is 24.3 Å². The van der Waals surface area contributed by atoms with Crippen LogP contribution in [0.15, 0.2) is 30.6 Å². The Morgan fingerprint density at radius 1 is 1.07 bits per heavy atom. The highest BCUT2D eigenvalue weighted by atomic mass is 35.5. The number of halogens is 1. The average molecular weight is 222 g/mol. The van der Waals surface area contributed by atoms with Gasteiger partial charge >= 0.3 is 0 Å². The van der Waals surface area contributed by atoms with Gasteiger partial charge in [0, 0.05) is 12.1 Å². The van der Waals surface area contributed by atoms with Crippen LogP contribution in [0.3, 0.4) is 0 Å². The van der Waals surface area contributed by atoms with Crippen LogP contribution in [0.5, 0.6) is 0 Å². The third-order valence-corrected chi connectivity index (χ3v) is 2.02. The molecule has 1 aromatic carbocycles. The molecular weight excluding hydrogens is 214 g/mol. The molecule has 0 aliphatic rings. The summed E-state index contributed by atoms with van der Waals surface area (Å²) in [5, 5.41) is 15.0. The molecule has 0 fully saturated rings. The summed E-state index contributed by atoms with van der Waals surface area (Å²) >= 11 is 5.40. The topological polar surface area (TPSA) is 63.6 Å². The van der Waals surface area contributed by atoms with Crippen molar-refractivity contribution in [3.63, 3.8) is 0 Å². The lowest BCUT2D eigenvalue weighted by molar-refractivity contribution is 0.864. The van der Waals surface area contributed by atoms with Gasteiger partial charge in [-0.2, -0.15) is 0 Å². The van der Waals surface area contributed by atoms with E-state index in [0.717, 1.165) is 11.1 Å². The number of hydrogen-bond acceptors (Lipinski definition) is 5. The largest absolute Gasteiger partial charge is 0.229 e. The maximum atomic E-state index is 5.40. The van der Waals surface area contributed by atoms with Crippen molar-refractivity contribution in [1.29, 1.82) is 0 Å². The van der Waals surface area contributed by atoms with E-state index in [9.17, 15) is 0 Å². The second-order valence-corrected chi connectivity index (χ2v) is 3.14. The van der Waals surface area contributed by atoms with Crippen LogP contribution < -0.4 is 4.84 Å². The summed E-state index contributed by atoms with van der Waals surface area (Å²) in [5.74, 6) is 0.517. The molecule has 1 N–H and O–H groups in total. The predicted octanol–water partition coefficient (Wildman–Crippen LogP) is 1.18. The minimum absolute atomic E-state index is 0.517. The van der Waals surface area contributed by atoms with Crippen LogP contribution >= 0.6 is 11.8 Å². The third kappa shape index (κ3) is 2.45. The maximum Gasteiger partial charge on any atom is 0.203 e. The Hall–Kier alpha value is -1.59. The SMILES string of the molecule is ClNCc1ccc(-c2nncnn2)cc1. The first kappa shape index (κ1) is 9.95. The number of nitrogens with one attached hydrogen (secondary N) is 1. The van der Waals surface area contributed by atoms with Crippen LogP contribution in [-0.4, -0.2) is 20.4 Å². The van der Waals surface area contributed by atoms with Crippen molar-refractivity contribution in [2.75, 3.05) is 0 Å². The molecule has 0 aliphatic heterocycles. The number of rotatable bonds is 3. The summed E-state index contributed by atoms with van der Waals surface area (Å²) in [6, 6.07) is 7.70. The van der Waals surface area contributed by atoms with Crippen molar-refractivity contribution in [2.24, 2.45) is 0 Å². The number of aromatic nitrogens is 4. The summed E-state index contributed by atoms with van der Waals surface area (Å²) in [6.07, 6.45) is 1.30. The Balaban J connectivity index is 2.24. The molecule has 0 bridgehead atoms. The molecule has 0 saturated carbocycles. The molecule has 0 unspecified atom stereocenters. The molecule has 1 aromatic heterocycles. The van der Waals surface area contributed by atoms with Crippen molar-refractivity contribution in [3.8, 4) is 11.4 Å². The summed E-state index contributed by atoms with van der Waals surface area (Å²) < 4.78 is 0. The van der Waals surface area contributed by atoms with Gasteiger partial charge in [-0.3, -0.25) is 0 Å². The molecule has 0 spiro atoms. The van der Waals surface area contributed by atoms with Gasteiger partial charge in [0.1, 0.15) is 0 Å². The van der Waals surface area contributed by atoms with E-state index in [-0.39, 0.29) is 0 Å². The van der Waals surface area contributed by atoms with Gasteiger partial charge in [-0.15, -0.1) is 20.4 Å². The number of hydrogen-bond donors (Lipinski definition) is 1. The molecule has 0 radical (unpaired) electrons. The normalized spacial score (nSPS) is 10.2. The van der Waals surface area contributed by atoms with Crippen molar-refractivity contribution < 1.29 is 0 Å². The van der Waals surface area contributed by atoms with Gasteiger partial charge in [-0.25, -0.2) is 4.84 Å². The van der Waals surface area contributed by atoms with Gasteiger partial charge < -0.3 is 0 Å². The lowest BCUT2D eigenvalue weighted by Gasteiger charge is -2.00. The van der Waals surface area contributed by atoms with Gasteiger partial charge in [0.05, 0.1) is 0 Å². The molecule has 0 atom stereocenters. The molecule has 0 aliphatic carbocycles. The van der Waals surface area contributed by atoms with Gasteiger partial charge in [0.2, 0.25) is 5.82 Å². The Morgan fingerprint density at radius 2 is 1.73 bits per heavy atom. The highest BCUT2D eigenvalue weighted by Gasteiger charge is 2.00. The standard InChI is InChI=1S/C9H8ClN5/c10-11-5-7-1-3-8(4-2-7)9-14-12-6-13-15-9/h1-4,6,11H,5H2. The monoisotopic (exact) mass is 221 g/mol. The fourth-order valence-electron chi connectivity index (χ4n) is 1.17. The predicted molar refractivity (Wildman–Crippen MR) is 55.8 cm³/mol. The summed E-state index contributed by atoms with van der Waals surface area (Å²) in [5.41, 5.74) is 1.97. The van der Waals surface area contributed by atoms with Crippen LogP contribution in [0.25, 0.3) is 11.4 Å². The lowest BCUT2D eigenvalue weighted by Crippen LogP contribution is -1.98. The molecular formula is C9H8ClN5. The summed E-state index contributed by atoms with van der Waals surface area (Å²) in [6.45, 7) is 0.619. The third-order valence-electron chi connectivity index (χ3n) is 1.89. The quantitative estimate of drug-likeness (QED) is 0.789. The van der Waals surface area contributed by atoms with Crippen LogP contribution in [-0.2, 0) is 6.54 Å². The smallest absolute Gasteiger partial charge is 0.203 e. The Bertz CT molecular complexity index is 416. The zero-order valence-corrected chi connectivity index (χ0v) is 8.52. The number of nitrogens with zero attached hydrogens (tertiary/aromatic N) is 4. The van der Waals surface area contributed by atoms with Crippen molar-refractivity contribution >= 4 is 11.8 Å². The lowest BCUT2D eigenvalue weighted by atomic mass is 10.1. The van der Waals surface area contributed by atoms with Gasteiger partial charge in [-0.05, 0) is 17.3 Å². The molecule has 2 aromatic rings. The fourth-order valence-corrected chi connectivity index (χ4v) is 1.32. The summed E-state index contributed by atoms with van der Waals surface area (Å²) in [7, 11) is 0. The van der Waals surface area contributed by atoms with Gasteiger partial charge in [0.15, 0.2) is 6.33 Å². The molecule has 76 valence electrons. The highest BCUT2D eigenvalue weighted by molar-refractivity contribution is 6.13. The Labute approximate surface area is 91.6 Å². The van der Waals surface area contributed by atoms with Gasteiger partial charge in [0.25, 0.3) is 0 Å². The minimum Gasteiger partial charge on any atom is -0.229 e. The minimum atomic E-state index is 0.517. The van der Waals surface area contributed by atoms with E-state index in [1.54, 1.807) is 0 Å². The molecule has 2 rings (SSSR count). The van der Waals surface area contributed by atoms with Crippen molar-refractivity contribution in [2.45, 2.75) is 6.54 Å². The Kier molecular flexibility index (Phi) is 3.16. The van der Waals surface area contributed by atoms with Crippen LogP contribution in [0, 0.1) is 0 Å². The Morgan fingerprint density at radius 3 is 2.33 bits per heavy atom. The summed E-state index contributed by atoms with van der Waals surface area (Å²) in [4.78, 5) is 2.56. The maximum absolute atomic E-state index is 5.40. The second-order valence-electron chi connectivity index (χ2n) is 2.88. The van der Waals surface area contributed by atoms with Crippen LogP contribution in [0.1, 0.15) is 5.56 Å². The second kappa shape index (κ2) is 4.77. The van der Waals surface area contributed by atoms with E-state index in [1.165, 1.54) is 6.33 Å². The van der Waals surface area contributed by atoms with E-state index in [1.807, 2.05) is 24.3 Å². The first-order valence-electron chi connectivity index (χ1n) is 4.33. The fraction of sp³-hybridized carbons (Fsp3) is 0.111. The van der Waals surface area contributed by atoms with Crippen LogP contribution in [0.4, 0.5) is 0 Å². The first-order valence-corrected chi connectivity index (χ1v) is 4.71. The molecule has 1 heterocycles. The van der Waals surface area contributed by atoms with E-state index >= 15 is 0 Å². The van der Waals surface area contributed by atoms with E-state index in [4.69, 9.17) is 11.8 Å². The van der Waals surface area contributed by atoms with Crippen molar-refractivity contribution in [1.82, 2.24) is 25.2 Å². The zero-order valence-electron chi connectivity index (χ0n) is 7.76. The molecule has 5 nitrogen and oxygen atoms in total. The average Bonchev–Trinajstić information content (AvgIpc) is 2.32.